The summed E-state index contributed by atoms with van der Waals surface area (Å²) < 4.78 is 11.1. The summed E-state index contributed by atoms with van der Waals surface area (Å²) >= 11 is 0. The Labute approximate surface area is 145 Å². The molecule has 130 valence electrons. The summed E-state index contributed by atoms with van der Waals surface area (Å²) in [6.07, 6.45) is 0.914. The number of amides is 2. The minimum Gasteiger partial charge on any atom is -0.508 e. The molecule has 0 aromatic heterocycles. The highest BCUT2D eigenvalue weighted by molar-refractivity contribution is 6.03. The van der Waals surface area contributed by atoms with Crippen LogP contribution in [0.3, 0.4) is 0 Å². The van der Waals surface area contributed by atoms with Gasteiger partial charge in [0.15, 0.2) is 0 Å². The lowest BCUT2D eigenvalue weighted by Gasteiger charge is -2.20. The van der Waals surface area contributed by atoms with Crippen LogP contribution in [0.25, 0.3) is 0 Å². The van der Waals surface area contributed by atoms with E-state index in [9.17, 15) is 14.7 Å². The van der Waals surface area contributed by atoms with Gasteiger partial charge in [-0.05, 0) is 49.2 Å². The Morgan fingerprint density at radius 1 is 1.20 bits per heavy atom. The molecule has 1 saturated heterocycles. The molecule has 0 aliphatic carbocycles. The van der Waals surface area contributed by atoms with Crippen molar-refractivity contribution >= 4 is 12.0 Å². The SMILES string of the molecule is CCCc1cc(O)ccc1Oc1cccc(C2(C)OC(=O)NC2=O)c1. The summed E-state index contributed by atoms with van der Waals surface area (Å²) in [5.74, 6) is 0.824. The van der Waals surface area contributed by atoms with E-state index in [1.165, 1.54) is 6.92 Å². The van der Waals surface area contributed by atoms with Crippen molar-refractivity contribution in [2.45, 2.75) is 32.3 Å². The highest BCUT2D eigenvalue weighted by Crippen LogP contribution is 2.34. The summed E-state index contributed by atoms with van der Waals surface area (Å²) in [5.41, 5.74) is 0.0332. The predicted molar refractivity (Wildman–Crippen MR) is 90.6 cm³/mol. The van der Waals surface area contributed by atoms with E-state index in [-0.39, 0.29) is 5.75 Å². The molecule has 6 nitrogen and oxygen atoms in total. The number of ether oxygens (including phenoxy) is 2. The Morgan fingerprint density at radius 2 is 2.00 bits per heavy atom. The first-order valence-corrected chi connectivity index (χ1v) is 8.07. The maximum absolute atomic E-state index is 12.0. The molecule has 0 spiro atoms. The molecule has 2 N–H and O–H groups in total. The van der Waals surface area contributed by atoms with Crippen LogP contribution in [0.1, 0.15) is 31.4 Å². The second-order valence-corrected chi connectivity index (χ2v) is 6.05. The number of nitrogens with one attached hydrogen (secondary N) is 1. The molecule has 1 aliphatic rings. The van der Waals surface area contributed by atoms with Crippen molar-refractivity contribution in [2.75, 3.05) is 0 Å². The quantitative estimate of drug-likeness (QED) is 0.868. The number of aromatic hydroxyl groups is 1. The first-order valence-electron chi connectivity index (χ1n) is 8.07. The third-order valence-electron chi connectivity index (χ3n) is 4.12. The van der Waals surface area contributed by atoms with Crippen molar-refractivity contribution in [1.82, 2.24) is 5.32 Å². The molecule has 2 aromatic carbocycles. The predicted octanol–water partition coefficient (Wildman–Crippen LogP) is 3.62. The zero-order valence-corrected chi connectivity index (χ0v) is 14.0. The number of phenolic OH excluding ortho intramolecular Hbond substituents is 1. The van der Waals surface area contributed by atoms with Gasteiger partial charge < -0.3 is 14.6 Å². The maximum atomic E-state index is 12.0. The van der Waals surface area contributed by atoms with Crippen molar-refractivity contribution in [1.29, 1.82) is 0 Å². The average Bonchev–Trinajstić information content (AvgIpc) is 2.84. The van der Waals surface area contributed by atoms with Crippen LogP contribution in [0.2, 0.25) is 0 Å². The van der Waals surface area contributed by atoms with E-state index < -0.39 is 17.6 Å². The summed E-state index contributed by atoms with van der Waals surface area (Å²) in [4.78, 5) is 23.4. The fraction of sp³-hybridized carbons (Fsp3) is 0.263. The standard InChI is InChI=1S/C19H19NO5/c1-3-5-12-10-14(21)8-9-16(12)24-15-7-4-6-13(11-15)19(2)17(22)20-18(23)25-19/h4,6-11,21H,3,5H2,1-2H3,(H,20,22,23). The molecule has 1 atom stereocenters. The van der Waals surface area contributed by atoms with Gasteiger partial charge in [0.25, 0.3) is 5.91 Å². The number of carbonyl (C=O) groups is 2. The third-order valence-corrected chi connectivity index (χ3v) is 4.12. The zero-order chi connectivity index (χ0) is 18.0. The topological polar surface area (TPSA) is 84.9 Å². The van der Waals surface area contributed by atoms with Crippen molar-refractivity contribution in [3.63, 3.8) is 0 Å². The minimum atomic E-state index is -1.38. The van der Waals surface area contributed by atoms with E-state index in [1.54, 1.807) is 42.5 Å². The van der Waals surface area contributed by atoms with Crippen molar-refractivity contribution in [2.24, 2.45) is 0 Å². The monoisotopic (exact) mass is 341 g/mol. The molecule has 2 aromatic rings. The lowest BCUT2D eigenvalue weighted by molar-refractivity contribution is -0.130. The molecule has 25 heavy (non-hydrogen) atoms. The van der Waals surface area contributed by atoms with Gasteiger partial charge in [-0.25, -0.2) is 4.79 Å². The largest absolute Gasteiger partial charge is 0.508 e. The molecular formula is C19H19NO5. The summed E-state index contributed by atoms with van der Waals surface area (Å²) in [5, 5.41) is 11.8. The molecular weight excluding hydrogens is 322 g/mol. The van der Waals surface area contributed by atoms with Gasteiger partial charge in [0, 0.05) is 5.56 Å². The van der Waals surface area contributed by atoms with Crippen LogP contribution in [-0.2, 0) is 21.6 Å². The van der Waals surface area contributed by atoms with Crippen molar-refractivity contribution in [3.05, 3.63) is 53.6 Å². The highest BCUT2D eigenvalue weighted by Gasteiger charge is 2.46. The number of imide groups is 1. The highest BCUT2D eigenvalue weighted by atomic mass is 16.6. The summed E-state index contributed by atoms with van der Waals surface area (Å²) in [6, 6.07) is 11.8. The number of alkyl carbamates (subject to hydrolysis) is 1. The first-order chi connectivity index (χ1) is 11.9. The number of aryl methyl sites for hydroxylation is 1. The molecule has 0 bridgehead atoms. The zero-order valence-electron chi connectivity index (χ0n) is 14.0. The van der Waals surface area contributed by atoms with Gasteiger partial charge in [-0.15, -0.1) is 0 Å². The Balaban J connectivity index is 1.91. The number of carbonyl (C=O) groups excluding carboxylic acids is 2. The number of cyclic esters (lactones) is 1. The lowest BCUT2D eigenvalue weighted by Crippen LogP contribution is -2.33. The van der Waals surface area contributed by atoms with Crippen LogP contribution in [0.4, 0.5) is 4.79 Å². The number of hydrogen-bond donors (Lipinski definition) is 2. The Morgan fingerprint density at radius 3 is 2.68 bits per heavy atom. The molecule has 1 aliphatic heterocycles. The molecule has 1 fully saturated rings. The van der Waals surface area contributed by atoms with Crippen LogP contribution in [-0.4, -0.2) is 17.1 Å². The maximum Gasteiger partial charge on any atom is 0.415 e. The van der Waals surface area contributed by atoms with Crippen LogP contribution in [0.15, 0.2) is 42.5 Å². The van der Waals surface area contributed by atoms with Crippen LogP contribution in [0.5, 0.6) is 17.2 Å². The average molecular weight is 341 g/mol. The number of hydrogen-bond acceptors (Lipinski definition) is 5. The van der Waals surface area contributed by atoms with E-state index in [2.05, 4.69) is 5.32 Å². The smallest absolute Gasteiger partial charge is 0.415 e. The van der Waals surface area contributed by atoms with E-state index in [1.807, 2.05) is 6.92 Å². The van der Waals surface area contributed by atoms with Crippen LogP contribution < -0.4 is 10.1 Å². The molecule has 0 radical (unpaired) electrons. The third kappa shape index (κ3) is 3.28. The van der Waals surface area contributed by atoms with E-state index in [4.69, 9.17) is 9.47 Å². The molecule has 2 amide bonds. The fourth-order valence-electron chi connectivity index (χ4n) is 2.77. The Kier molecular flexibility index (Phi) is 4.35. The first kappa shape index (κ1) is 16.8. The number of phenols is 1. The Hall–Kier alpha value is -3.02. The second kappa shape index (κ2) is 6.47. The van der Waals surface area contributed by atoms with Crippen molar-refractivity contribution < 1.29 is 24.2 Å². The van der Waals surface area contributed by atoms with E-state index in [0.29, 0.717) is 17.1 Å². The van der Waals surface area contributed by atoms with Gasteiger partial charge in [0.2, 0.25) is 5.60 Å². The van der Waals surface area contributed by atoms with E-state index >= 15 is 0 Å². The van der Waals surface area contributed by atoms with Gasteiger partial charge in [-0.3, -0.25) is 10.1 Å². The molecule has 6 heteroatoms. The van der Waals surface area contributed by atoms with Crippen LogP contribution in [0, 0.1) is 0 Å². The lowest BCUT2D eigenvalue weighted by atomic mass is 9.95. The van der Waals surface area contributed by atoms with Gasteiger partial charge in [0.05, 0.1) is 0 Å². The van der Waals surface area contributed by atoms with E-state index in [0.717, 1.165) is 18.4 Å². The second-order valence-electron chi connectivity index (χ2n) is 6.05. The molecule has 0 saturated carbocycles. The van der Waals surface area contributed by atoms with Gasteiger partial charge in [0.1, 0.15) is 17.2 Å². The number of benzene rings is 2. The fourth-order valence-corrected chi connectivity index (χ4v) is 2.77. The summed E-state index contributed by atoms with van der Waals surface area (Å²) in [6.45, 7) is 3.58. The molecule has 1 heterocycles. The Bertz CT molecular complexity index is 832. The van der Waals surface area contributed by atoms with Gasteiger partial charge >= 0.3 is 6.09 Å². The molecule has 3 rings (SSSR count). The van der Waals surface area contributed by atoms with Crippen molar-refractivity contribution in [3.8, 4) is 17.2 Å². The molecule has 1 unspecified atom stereocenters. The normalized spacial score (nSPS) is 19.4. The number of rotatable bonds is 5. The summed E-state index contributed by atoms with van der Waals surface area (Å²) in [7, 11) is 0. The van der Waals surface area contributed by atoms with Crippen LogP contribution >= 0.6 is 0 Å². The van der Waals surface area contributed by atoms with Gasteiger partial charge in [-0.1, -0.05) is 25.5 Å². The van der Waals surface area contributed by atoms with Gasteiger partial charge in [-0.2, -0.15) is 0 Å². The minimum absolute atomic E-state index is 0.187.